The highest BCUT2D eigenvalue weighted by Gasteiger charge is 2.28. The zero-order chi connectivity index (χ0) is 19.6. The first-order valence-electron chi connectivity index (χ1n) is 6.74. The first-order valence-corrected chi connectivity index (χ1v) is 6.74. The number of rotatable bonds is 5. The second kappa shape index (κ2) is 6.80. The number of aromatic hydroxyl groups is 1. The molecule has 0 aromatic heterocycles. The molecular weight excluding hydrogens is 354 g/mol. The number of phenols is 1. The van der Waals surface area contributed by atoms with Crippen LogP contribution in [0, 0.1) is 37.3 Å². The van der Waals surface area contributed by atoms with E-state index in [0.29, 0.717) is 12.1 Å². The Hall–Kier alpha value is -4.09. The monoisotopic (exact) mass is 363 g/mol. The van der Waals surface area contributed by atoms with Gasteiger partial charge in [-0.25, -0.2) is 4.79 Å². The number of carbonyl (C=O) groups is 1. The van der Waals surface area contributed by atoms with E-state index in [0.717, 1.165) is 12.1 Å². The number of aryl methyl sites for hydroxylation is 1. The fraction of sp³-hybridized carbons (Fsp3) is 0.0714. The third-order valence-electron chi connectivity index (χ3n) is 3.28. The van der Waals surface area contributed by atoms with Gasteiger partial charge in [-0.2, -0.15) is 0 Å². The molecule has 0 radical (unpaired) electrons. The van der Waals surface area contributed by atoms with E-state index in [4.69, 9.17) is 4.74 Å². The Morgan fingerprint density at radius 2 is 1.58 bits per heavy atom. The summed E-state index contributed by atoms with van der Waals surface area (Å²) in [6.07, 6.45) is 0. The van der Waals surface area contributed by atoms with Crippen molar-refractivity contribution in [2.75, 3.05) is 0 Å². The van der Waals surface area contributed by atoms with Crippen LogP contribution in [0.25, 0.3) is 0 Å². The smallest absolute Gasteiger partial charge is 0.347 e. The van der Waals surface area contributed by atoms with Gasteiger partial charge in [0.1, 0.15) is 11.3 Å². The Kier molecular flexibility index (Phi) is 4.77. The van der Waals surface area contributed by atoms with Gasteiger partial charge in [0.05, 0.1) is 20.8 Å². The lowest BCUT2D eigenvalue weighted by atomic mass is 10.1. The zero-order valence-electron chi connectivity index (χ0n) is 12.9. The normalized spacial score (nSPS) is 10.2. The van der Waals surface area contributed by atoms with Crippen molar-refractivity contribution < 1.29 is 29.4 Å². The molecule has 0 saturated heterocycles. The number of nitrogens with zero attached hydrogens (tertiary/aromatic N) is 3. The van der Waals surface area contributed by atoms with E-state index in [1.165, 1.54) is 13.0 Å². The third-order valence-corrected chi connectivity index (χ3v) is 3.28. The summed E-state index contributed by atoms with van der Waals surface area (Å²) in [6, 6.07) is 4.48. The predicted molar refractivity (Wildman–Crippen MR) is 84.2 cm³/mol. The Morgan fingerprint density at radius 3 is 2.08 bits per heavy atom. The van der Waals surface area contributed by atoms with Gasteiger partial charge >= 0.3 is 11.7 Å². The van der Waals surface area contributed by atoms with Crippen molar-refractivity contribution >= 4 is 23.0 Å². The van der Waals surface area contributed by atoms with Gasteiger partial charge < -0.3 is 9.84 Å². The highest BCUT2D eigenvalue weighted by Crippen LogP contribution is 2.35. The maximum atomic E-state index is 12.2. The molecule has 134 valence electrons. The van der Waals surface area contributed by atoms with Crippen molar-refractivity contribution in [2.45, 2.75) is 6.92 Å². The minimum absolute atomic E-state index is 0.147. The molecular formula is C14H9N3O9. The van der Waals surface area contributed by atoms with Gasteiger partial charge in [-0.3, -0.25) is 30.3 Å². The first kappa shape index (κ1) is 18.3. The van der Waals surface area contributed by atoms with Crippen LogP contribution >= 0.6 is 0 Å². The van der Waals surface area contributed by atoms with Gasteiger partial charge in [-0.1, -0.05) is 0 Å². The van der Waals surface area contributed by atoms with E-state index >= 15 is 0 Å². The number of phenolic OH excluding ortho intramolecular Hbond substituents is 1. The molecule has 0 fully saturated rings. The number of nitro groups is 3. The minimum atomic E-state index is -1.30. The van der Waals surface area contributed by atoms with Crippen LogP contribution in [0.2, 0.25) is 0 Å². The molecule has 2 aromatic rings. The third kappa shape index (κ3) is 3.53. The van der Waals surface area contributed by atoms with Crippen molar-refractivity contribution in [2.24, 2.45) is 0 Å². The maximum absolute atomic E-state index is 12.2. The van der Waals surface area contributed by atoms with Gasteiger partial charge in [0.2, 0.25) is 5.75 Å². The highest BCUT2D eigenvalue weighted by molar-refractivity contribution is 5.96. The van der Waals surface area contributed by atoms with E-state index in [2.05, 4.69) is 0 Å². The molecule has 0 saturated carbocycles. The fourth-order valence-electron chi connectivity index (χ4n) is 2.06. The summed E-state index contributed by atoms with van der Waals surface area (Å²) in [4.78, 5) is 41.9. The van der Waals surface area contributed by atoms with Crippen LogP contribution in [0.3, 0.4) is 0 Å². The average molecular weight is 363 g/mol. The summed E-state index contributed by atoms with van der Waals surface area (Å²) >= 11 is 0. The molecule has 2 rings (SSSR count). The summed E-state index contributed by atoms with van der Waals surface area (Å²) in [7, 11) is 0. The van der Waals surface area contributed by atoms with Gasteiger partial charge in [0, 0.05) is 17.7 Å². The lowest BCUT2D eigenvalue weighted by Gasteiger charge is -2.07. The first-order chi connectivity index (χ1) is 12.1. The van der Waals surface area contributed by atoms with Gasteiger partial charge in [-0.05, 0) is 19.1 Å². The number of benzene rings is 2. The number of hydrogen-bond donors (Lipinski definition) is 1. The fourth-order valence-corrected chi connectivity index (χ4v) is 2.06. The molecule has 26 heavy (non-hydrogen) atoms. The van der Waals surface area contributed by atoms with E-state index in [-0.39, 0.29) is 17.0 Å². The molecule has 12 nitrogen and oxygen atoms in total. The van der Waals surface area contributed by atoms with Gasteiger partial charge in [-0.15, -0.1) is 0 Å². The van der Waals surface area contributed by atoms with Crippen LogP contribution in [0.5, 0.6) is 11.5 Å². The molecule has 2 aromatic carbocycles. The van der Waals surface area contributed by atoms with Crippen molar-refractivity contribution in [1.82, 2.24) is 0 Å². The molecule has 0 spiro atoms. The molecule has 1 N–H and O–H groups in total. The minimum Gasteiger partial charge on any atom is -0.501 e. The van der Waals surface area contributed by atoms with Crippen LogP contribution in [-0.2, 0) is 0 Å². The number of hydrogen-bond acceptors (Lipinski definition) is 9. The van der Waals surface area contributed by atoms with Crippen molar-refractivity contribution in [3.05, 3.63) is 71.8 Å². The average Bonchev–Trinajstić information content (AvgIpc) is 2.54. The summed E-state index contributed by atoms with van der Waals surface area (Å²) in [5, 5.41) is 42.3. The second-order valence-corrected chi connectivity index (χ2v) is 4.97. The molecule has 12 heteroatoms. The Balaban J connectivity index is 2.43. The topological polar surface area (TPSA) is 176 Å². The molecule has 0 aliphatic carbocycles. The molecule has 0 unspecified atom stereocenters. The molecule has 0 aliphatic rings. The number of esters is 1. The highest BCUT2D eigenvalue weighted by atomic mass is 16.6. The zero-order valence-corrected chi connectivity index (χ0v) is 12.9. The van der Waals surface area contributed by atoms with Crippen LogP contribution in [0.1, 0.15) is 15.9 Å². The van der Waals surface area contributed by atoms with E-state index < -0.39 is 43.4 Å². The number of nitro benzene ring substituents is 3. The SMILES string of the molecule is Cc1cc(OC(=O)c2cc([N+](=O)[O-])cc([N+](=O)[O-])c2O)ccc1[N+](=O)[O-]. The summed E-state index contributed by atoms with van der Waals surface area (Å²) in [5.41, 5.74) is -2.66. The summed E-state index contributed by atoms with van der Waals surface area (Å²) in [5.74, 6) is -2.54. The lowest BCUT2D eigenvalue weighted by Crippen LogP contribution is -2.10. The van der Waals surface area contributed by atoms with Gasteiger partial charge in [0.25, 0.3) is 11.4 Å². The summed E-state index contributed by atoms with van der Waals surface area (Å²) in [6.45, 7) is 1.39. The van der Waals surface area contributed by atoms with E-state index in [1.807, 2.05) is 0 Å². The quantitative estimate of drug-likeness (QED) is 0.362. The largest absolute Gasteiger partial charge is 0.501 e. The molecule has 0 aliphatic heterocycles. The van der Waals surface area contributed by atoms with Crippen molar-refractivity contribution in [3.63, 3.8) is 0 Å². The molecule has 0 bridgehead atoms. The van der Waals surface area contributed by atoms with E-state index in [1.54, 1.807) is 0 Å². The maximum Gasteiger partial charge on any atom is 0.347 e. The number of ether oxygens (including phenoxy) is 1. The van der Waals surface area contributed by atoms with Crippen LogP contribution in [0.4, 0.5) is 17.1 Å². The van der Waals surface area contributed by atoms with Crippen molar-refractivity contribution in [3.8, 4) is 11.5 Å². The lowest BCUT2D eigenvalue weighted by molar-refractivity contribution is -0.394. The Morgan fingerprint density at radius 1 is 0.962 bits per heavy atom. The molecule has 0 amide bonds. The summed E-state index contributed by atoms with van der Waals surface area (Å²) < 4.78 is 4.90. The van der Waals surface area contributed by atoms with Crippen LogP contribution < -0.4 is 4.74 Å². The Labute approximate surface area is 143 Å². The van der Waals surface area contributed by atoms with Gasteiger partial charge in [0.15, 0.2) is 0 Å². The molecule has 0 atom stereocenters. The van der Waals surface area contributed by atoms with E-state index in [9.17, 15) is 40.2 Å². The Bertz CT molecular complexity index is 955. The molecule has 0 heterocycles. The number of carbonyl (C=O) groups excluding carboxylic acids is 1. The second-order valence-electron chi connectivity index (χ2n) is 4.97. The standard InChI is InChI=1S/C14H9N3O9/c1-7-4-9(2-3-11(7)16(22)23)26-14(19)10-5-8(15(20)21)6-12(13(10)18)17(24)25/h2-6,18H,1H3. The van der Waals surface area contributed by atoms with Crippen molar-refractivity contribution in [1.29, 1.82) is 0 Å². The van der Waals surface area contributed by atoms with Crippen LogP contribution in [-0.4, -0.2) is 25.8 Å². The predicted octanol–water partition coefficient (Wildman–Crippen LogP) is 2.64. The van der Waals surface area contributed by atoms with Crippen LogP contribution in [0.15, 0.2) is 30.3 Å². The number of non-ortho nitro benzene ring substituents is 1.